The summed E-state index contributed by atoms with van der Waals surface area (Å²) in [4.78, 5) is 26.3. The number of likely N-dealkylation sites (tertiary alicyclic amines) is 1. The van der Waals surface area contributed by atoms with Crippen LogP contribution in [0.3, 0.4) is 0 Å². The molecule has 1 spiro atoms. The molecule has 0 bridgehead atoms. The summed E-state index contributed by atoms with van der Waals surface area (Å²) in [7, 11) is -3.67. The Hall–Kier alpha value is -2.17. The molecule has 2 N–H and O–H groups in total. The van der Waals surface area contributed by atoms with Crippen molar-refractivity contribution in [1.29, 1.82) is 0 Å². The maximum absolute atomic E-state index is 12.4. The van der Waals surface area contributed by atoms with E-state index in [0.29, 0.717) is 45.3 Å². The number of ether oxygens (including phenoxy) is 2. The van der Waals surface area contributed by atoms with E-state index in [4.69, 9.17) is 14.0 Å². The average Bonchev–Trinajstić information content (AvgIpc) is 3.12. The van der Waals surface area contributed by atoms with Gasteiger partial charge in [0.1, 0.15) is 12.7 Å². The van der Waals surface area contributed by atoms with Gasteiger partial charge in [-0.15, -0.1) is 0 Å². The zero-order valence-electron chi connectivity index (χ0n) is 17.7. The predicted molar refractivity (Wildman–Crippen MR) is 114 cm³/mol. The Bertz CT molecular complexity index is 869. The lowest BCUT2D eigenvalue weighted by atomic mass is 9.76. The fourth-order valence-corrected chi connectivity index (χ4v) is 4.38. The monoisotopic (exact) mass is 454 g/mol. The number of hydrogen-bond donors (Lipinski definition) is 2. The van der Waals surface area contributed by atoms with Gasteiger partial charge in [0.25, 0.3) is 10.1 Å². The highest BCUT2D eigenvalue weighted by atomic mass is 32.2. The third-order valence-electron chi connectivity index (χ3n) is 5.77. The molecule has 1 saturated carbocycles. The summed E-state index contributed by atoms with van der Waals surface area (Å²) in [6.07, 6.45) is 6.06. The van der Waals surface area contributed by atoms with Crippen molar-refractivity contribution in [1.82, 2.24) is 10.2 Å². The summed E-state index contributed by atoms with van der Waals surface area (Å²) in [5.41, 5.74) is -0.0290. The first-order chi connectivity index (χ1) is 14.7. The Labute approximate surface area is 182 Å². The Morgan fingerprint density at radius 1 is 1.13 bits per heavy atom. The predicted octanol–water partition coefficient (Wildman–Crippen LogP) is 1.63. The number of hydrogen-bond acceptors (Lipinski definition) is 7. The molecule has 0 unspecified atom stereocenters. The molecule has 2 amide bonds. The minimum atomic E-state index is -3.67. The molecule has 172 valence electrons. The quantitative estimate of drug-likeness (QED) is 0.391. The van der Waals surface area contributed by atoms with Crippen molar-refractivity contribution in [2.75, 3.05) is 32.5 Å². The molecule has 2 aliphatic heterocycles. The Balaban J connectivity index is 0.000000491. The van der Waals surface area contributed by atoms with Gasteiger partial charge in [0.2, 0.25) is 11.8 Å². The zero-order chi connectivity index (χ0) is 22.5. The van der Waals surface area contributed by atoms with Crippen molar-refractivity contribution in [2.45, 2.75) is 44.6 Å². The summed E-state index contributed by atoms with van der Waals surface area (Å²) < 4.78 is 37.4. The van der Waals surface area contributed by atoms with Crippen LogP contribution in [-0.2, 0) is 19.7 Å². The largest absolute Gasteiger partial charge is 0.486 e. The Kier molecular flexibility index (Phi) is 7.55. The van der Waals surface area contributed by atoms with Crippen LogP contribution < -0.4 is 14.8 Å². The number of nitrogens with zero attached hydrogens (tertiary/aromatic N) is 1. The second kappa shape index (κ2) is 9.97. The van der Waals surface area contributed by atoms with E-state index in [1.165, 1.54) is 4.90 Å². The van der Waals surface area contributed by atoms with Crippen molar-refractivity contribution < 1.29 is 32.0 Å². The zero-order valence-corrected chi connectivity index (χ0v) is 18.5. The minimum absolute atomic E-state index is 0.00359. The molecule has 1 aliphatic carbocycles. The first-order valence-corrected chi connectivity index (χ1v) is 12.3. The Morgan fingerprint density at radius 2 is 1.71 bits per heavy atom. The van der Waals surface area contributed by atoms with Gasteiger partial charge >= 0.3 is 0 Å². The van der Waals surface area contributed by atoms with Crippen molar-refractivity contribution in [3.8, 4) is 11.5 Å². The molecule has 31 heavy (non-hydrogen) atoms. The number of nitrogens with one attached hydrogen (secondary N) is 1. The molecule has 1 saturated heterocycles. The lowest BCUT2D eigenvalue weighted by molar-refractivity contribution is -0.153. The highest BCUT2D eigenvalue weighted by molar-refractivity contribution is 7.85. The second-order valence-corrected chi connectivity index (χ2v) is 9.90. The molecular weight excluding hydrogens is 424 g/mol. The van der Waals surface area contributed by atoms with Gasteiger partial charge in [-0.25, -0.2) is 0 Å². The van der Waals surface area contributed by atoms with Crippen molar-refractivity contribution >= 4 is 21.9 Å². The number of fused-ring (bicyclic) bond motifs is 1. The average molecular weight is 455 g/mol. The second-order valence-electron chi connectivity index (χ2n) is 8.43. The van der Waals surface area contributed by atoms with Crippen LogP contribution >= 0.6 is 0 Å². The molecule has 0 radical (unpaired) electrons. The summed E-state index contributed by atoms with van der Waals surface area (Å²) in [6, 6.07) is 7.63. The summed E-state index contributed by atoms with van der Waals surface area (Å²) in [6.45, 7) is 2.12. The third-order valence-corrected chi connectivity index (χ3v) is 5.77. The lowest BCUT2D eigenvalue weighted by Crippen LogP contribution is -2.50. The van der Waals surface area contributed by atoms with Gasteiger partial charge in [0.15, 0.2) is 11.5 Å². The van der Waals surface area contributed by atoms with Gasteiger partial charge < -0.3 is 14.8 Å². The lowest BCUT2D eigenvalue weighted by Gasteiger charge is -2.37. The smallest absolute Gasteiger partial charge is 0.261 e. The first kappa shape index (κ1) is 23.5. The van der Waals surface area contributed by atoms with Gasteiger partial charge in [0, 0.05) is 32.5 Å². The highest BCUT2D eigenvalue weighted by Crippen LogP contribution is 2.46. The molecule has 10 heteroatoms. The van der Waals surface area contributed by atoms with Crippen LogP contribution in [0.5, 0.6) is 11.5 Å². The number of amides is 2. The van der Waals surface area contributed by atoms with E-state index in [-0.39, 0.29) is 23.3 Å². The van der Waals surface area contributed by atoms with Crippen LogP contribution in [-0.4, -0.2) is 68.3 Å². The fourth-order valence-electron chi connectivity index (χ4n) is 4.38. The maximum atomic E-state index is 12.4. The van der Waals surface area contributed by atoms with E-state index < -0.39 is 10.1 Å². The SMILES string of the molecule is CS(=O)(=O)O.O=C1CC2(CCCC2)CC(=O)N1CCNC[C@H]1COc2ccccc2O1. The molecule has 2 heterocycles. The van der Waals surface area contributed by atoms with E-state index in [0.717, 1.165) is 37.2 Å². The minimum Gasteiger partial charge on any atom is -0.486 e. The number of benzene rings is 1. The molecule has 2 fully saturated rings. The van der Waals surface area contributed by atoms with Gasteiger partial charge in [0.05, 0.1) is 6.26 Å². The van der Waals surface area contributed by atoms with Crippen molar-refractivity contribution in [3.05, 3.63) is 24.3 Å². The Morgan fingerprint density at radius 3 is 2.32 bits per heavy atom. The number of imide groups is 1. The van der Waals surface area contributed by atoms with Crippen LogP contribution in [0.2, 0.25) is 0 Å². The van der Waals surface area contributed by atoms with E-state index >= 15 is 0 Å². The fraction of sp³-hybridized carbons (Fsp3) is 0.619. The maximum Gasteiger partial charge on any atom is 0.261 e. The highest BCUT2D eigenvalue weighted by Gasteiger charge is 2.44. The third kappa shape index (κ3) is 6.91. The molecule has 1 atom stereocenters. The number of carbonyl (C=O) groups excluding carboxylic acids is 2. The van der Waals surface area contributed by atoms with Crippen LogP contribution in [0, 0.1) is 5.41 Å². The van der Waals surface area contributed by atoms with Gasteiger partial charge in [-0.3, -0.25) is 19.0 Å². The number of rotatable bonds is 5. The van der Waals surface area contributed by atoms with E-state index in [2.05, 4.69) is 5.32 Å². The summed E-state index contributed by atoms with van der Waals surface area (Å²) in [5, 5.41) is 3.28. The van der Waals surface area contributed by atoms with Gasteiger partial charge in [-0.05, 0) is 30.4 Å². The standard InChI is InChI=1S/C20H26N2O4.CH4O3S/c23-18-11-20(7-3-4-8-20)12-19(24)22(18)10-9-21-13-15-14-25-16-5-1-2-6-17(16)26-15;1-5(2,3)4/h1-2,5-6,15,21H,3-4,7-14H2;1H3,(H,2,3,4)/t15-;/m0./s1. The van der Waals surface area contributed by atoms with E-state index in [1.807, 2.05) is 24.3 Å². The molecule has 4 rings (SSSR count). The van der Waals surface area contributed by atoms with E-state index in [9.17, 15) is 18.0 Å². The molecule has 1 aromatic rings. The molecule has 1 aromatic carbocycles. The molecule has 9 nitrogen and oxygen atoms in total. The van der Waals surface area contributed by atoms with E-state index in [1.54, 1.807) is 0 Å². The van der Waals surface area contributed by atoms with Crippen molar-refractivity contribution in [3.63, 3.8) is 0 Å². The molecular formula is C21H30N2O7S. The van der Waals surface area contributed by atoms with Crippen LogP contribution in [0.25, 0.3) is 0 Å². The number of piperidine rings is 1. The van der Waals surface area contributed by atoms with Crippen LogP contribution in [0.4, 0.5) is 0 Å². The summed E-state index contributed by atoms with van der Waals surface area (Å²) >= 11 is 0. The first-order valence-electron chi connectivity index (χ1n) is 10.5. The summed E-state index contributed by atoms with van der Waals surface area (Å²) in [5.74, 6) is 1.52. The number of para-hydroxylation sites is 2. The van der Waals surface area contributed by atoms with Crippen LogP contribution in [0.1, 0.15) is 38.5 Å². The van der Waals surface area contributed by atoms with Gasteiger partial charge in [-0.2, -0.15) is 8.42 Å². The molecule has 3 aliphatic rings. The normalized spacial score (nSPS) is 22.3. The van der Waals surface area contributed by atoms with Crippen molar-refractivity contribution in [2.24, 2.45) is 5.41 Å². The molecule has 0 aromatic heterocycles. The van der Waals surface area contributed by atoms with Crippen LogP contribution in [0.15, 0.2) is 24.3 Å². The van der Waals surface area contributed by atoms with Gasteiger partial charge in [-0.1, -0.05) is 25.0 Å². The topological polar surface area (TPSA) is 122 Å². The number of carbonyl (C=O) groups is 2.